The standard InChI is InChI=1S/C20H25ClN4O5S2/c1-15(23-31(27,28)18-7-3-16(21)4-8-18)20(26)22-17-5-9-19(10-6-17)32(29,30)25-13-11-24(2)12-14-25/h3-10,15,23H,11-14H2,1-2H3,(H,22,26)/t15-/m1/s1. The third-order valence-corrected chi connectivity index (χ3v) is 8.79. The molecule has 0 aromatic heterocycles. The van der Waals surface area contributed by atoms with Gasteiger partial charge in [-0.25, -0.2) is 16.8 Å². The lowest BCUT2D eigenvalue weighted by molar-refractivity contribution is -0.117. The van der Waals surface area contributed by atoms with E-state index in [9.17, 15) is 21.6 Å². The number of piperazine rings is 1. The number of hydrogen-bond donors (Lipinski definition) is 2. The molecule has 1 aliphatic heterocycles. The molecular formula is C20H25ClN4O5S2. The molecule has 0 unspecified atom stereocenters. The molecule has 0 saturated carbocycles. The first kappa shape index (κ1) is 24.6. The van der Waals surface area contributed by atoms with Crippen LogP contribution in [0.5, 0.6) is 0 Å². The van der Waals surface area contributed by atoms with E-state index in [1.165, 1.54) is 59.8 Å². The molecule has 1 heterocycles. The highest BCUT2D eigenvalue weighted by molar-refractivity contribution is 7.89. The van der Waals surface area contributed by atoms with Crippen LogP contribution in [-0.4, -0.2) is 71.2 Å². The van der Waals surface area contributed by atoms with Gasteiger partial charge in [0.2, 0.25) is 26.0 Å². The number of likely N-dealkylation sites (N-methyl/N-ethyl adjacent to an activating group) is 1. The van der Waals surface area contributed by atoms with Crippen molar-refractivity contribution >= 4 is 43.2 Å². The summed E-state index contributed by atoms with van der Waals surface area (Å²) in [4.78, 5) is 14.6. The van der Waals surface area contributed by atoms with Crippen LogP contribution < -0.4 is 10.0 Å². The van der Waals surface area contributed by atoms with E-state index >= 15 is 0 Å². The molecule has 174 valence electrons. The average Bonchev–Trinajstić information content (AvgIpc) is 2.74. The van der Waals surface area contributed by atoms with Crippen LogP contribution in [-0.2, 0) is 24.8 Å². The van der Waals surface area contributed by atoms with Crippen molar-refractivity contribution in [2.45, 2.75) is 22.8 Å². The number of rotatable bonds is 7. The summed E-state index contributed by atoms with van der Waals surface area (Å²) in [6.07, 6.45) is 0. The maximum Gasteiger partial charge on any atom is 0.243 e. The molecule has 32 heavy (non-hydrogen) atoms. The molecule has 12 heteroatoms. The molecule has 1 fully saturated rings. The molecule has 0 spiro atoms. The summed E-state index contributed by atoms with van der Waals surface area (Å²) in [5.41, 5.74) is 0.352. The normalized spacial score (nSPS) is 17.1. The zero-order valence-electron chi connectivity index (χ0n) is 17.7. The lowest BCUT2D eigenvalue weighted by atomic mass is 10.3. The highest BCUT2D eigenvalue weighted by Gasteiger charge is 2.27. The minimum atomic E-state index is -3.91. The SMILES string of the molecule is C[C@@H](NS(=O)(=O)c1ccc(Cl)cc1)C(=O)Nc1ccc(S(=O)(=O)N2CCN(C)CC2)cc1. The number of benzene rings is 2. The second-order valence-electron chi connectivity index (χ2n) is 7.52. The predicted octanol–water partition coefficient (Wildman–Crippen LogP) is 1.58. The van der Waals surface area contributed by atoms with Gasteiger partial charge in [0.1, 0.15) is 0 Å². The largest absolute Gasteiger partial charge is 0.325 e. The molecule has 1 aliphatic rings. The molecule has 1 saturated heterocycles. The number of sulfonamides is 2. The number of nitrogens with zero attached hydrogens (tertiary/aromatic N) is 2. The van der Waals surface area contributed by atoms with Gasteiger partial charge in [0.15, 0.2) is 0 Å². The van der Waals surface area contributed by atoms with Crippen molar-refractivity contribution in [1.82, 2.24) is 13.9 Å². The summed E-state index contributed by atoms with van der Waals surface area (Å²) >= 11 is 5.78. The van der Waals surface area contributed by atoms with Gasteiger partial charge in [0, 0.05) is 36.9 Å². The average molecular weight is 501 g/mol. The smallest absolute Gasteiger partial charge is 0.243 e. The number of nitrogens with one attached hydrogen (secondary N) is 2. The number of halogens is 1. The van der Waals surface area contributed by atoms with Crippen molar-refractivity contribution in [3.8, 4) is 0 Å². The minimum absolute atomic E-state index is 0.0139. The van der Waals surface area contributed by atoms with Crippen LogP contribution in [0.25, 0.3) is 0 Å². The van der Waals surface area contributed by atoms with E-state index in [2.05, 4.69) is 14.9 Å². The van der Waals surface area contributed by atoms with E-state index in [1.54, 1.807) is 0 Å². The Morgan fingerprint density at radius 2 is 1.44 bits per heavy atom. The second kappa shape index (κ2) is 9.86. The third-order valence-electron chi connectivity index (χ3n) is 5.07. The first-order valence-electron chi connectivity index (χ1n) is 9.86. The van der Waals surface area contributed by atoms with Crippen LogP contribution in [0.1, 0.15) is 6.92 Å². The predicted molar refractivity (Wildman–Crippen MR) is 123 cm³/mol. The zero-order valence-corrected chi connectivity index (χ0v) is 20.0. The Morgan fingerprint density at radius 1 is 0.906 bits per heavy atom. The van der Waals surface area contributed by atoms with Gasteiger partial charge in [-0.1, -0.05) is 11.6 Å². The lowest BCUT2D eigenvalue weighted by Crippen LogP contribution is -2.47. The van der Waals surface area contributed by atoms with Crippen molar-refractivity contribution < 1.29 is 21.6 Å². The van der Waals surface area contributed by atoms with E-state index < -0.39 is 32.0 Å². The minimum Gasteiger partial charge on any atom is -0.325 e. The summed E-state index contributed by atoms with van der Waals surface area (Å²) in [5, 5.41) is 2.98. The summed E-state index contributed by atoms with van der Waals surface area (Å²) in [5.74, 6) is -0.586. The van der Waals surface area contributed by atoms with Crippen molar-refractivity contribution in [2.75, 3.05) is 38.5 Å². The van der Waals surface area contributed by atoms with E-state index in [0.717, 1.165) is 0 Å². The molecule has 3 rings (SSSR count). The Labute approximate surface area is 193 Å². The van der Waals surface area contributed by atoms with Crippen LogP contribution in [0, 0.1) is 0 Å². The summed E-state index contributed by atoms with van der Waals surface area (Å²) in [7, 11) is -5.58. The lowest BCUT2D eigenvalue weighted by Gasteiger charge is -2.31. The van der Waals surface area contributed by atoms with E-state index in [1.807, 2.05) is 7.05 Å². The van der Waals surface area contributed by atoms with Crippen molar-refractivity contribution in [3.05, 3.63) is 53.6 Å². The molecule has 2 aromatic rings. The van der Waals surface area contributed by atoms with Gasteiger partial charge < -0.3 is 10.2 Å². The van der Waals surface area contributed by atoms with Crippen LogP contribution in [0.3, 0.4) is 0 Å². The van der Waals surface area contributed by atoms with Gasteiger partial charge in [-0.05, 0) is 62.5 Å². The molecule has 0 radical (unpaired) electrons. The van der Waals surface area contributed by atoms with Crippen LogP contribution >= 0.6 is 11.6 Å². The Bertz CT molecular complexity index is 1160. The Hall–Kier alpha value is -2.02. The highest BCUT2D eigenvalue weighted by atomic mass is 35.5. The van der Waals surface area contributed by atoms with Gasteiger partial charge in [-0.15, -0.1) is 0 Å². The van der Waals surface area contributed by atoms with Gasteiger partial charge in [-0.3, -0.25) is 4.79 Å². The molecule has 0 aliphatic carbocycles. The first-order valence-corrected chi connectivity index (χ1v) is 13.2. The molecule has 2 N–H and O–H groups in total. The molecule has 9 nitrogen and oxygen atoms in total. The van der Waals surface area contributed by atoms with Crippen molar-refractivity contribution in [1.29, 1.82) is 0 Å². The number of amides is 1. The van der Waals surface area contributed by atoms with Gasteiger partial charge in [0.05, 0.1) is 15.8 Å². The van der Waals surface area contributed by atoms with E-state index in [0.29, 0.717) is 36.9 Å². The van der Waals surface area contributed by atoms with Gasteiger partial charge in [0.25, 0.3) is 0 Å². The summed E-state index contributed by atoms with van der Waals surface area (Å²) in [6.45, 7) is 3.58. The molecule has 1 atom stereocenters. The fraction of sp³-hybridized carbons (Fsp3) is 0.350. The first-order chi connectivity index (χ1) is 15.0. The Balaban J connectivity index is 1.63. The second-order valence-corrected chi connectivity index (χ2v) is 11.6. The number of carbonyl (C=O) groups is 1. The zero-order chi connectivity index (χ0) is 23.5. The van der Waals surface area contributed by atoms with E-state index in [-0.39, 0.29) is 9.79 Å². The molecule has 2 aromatic carbocycles. The topological polar surface area (TPSA) is 116 Å². The highest BCUT2D eigenvalue weighted by Crippen LogP contribution is 2.20. The summed E-state index contributed by atoms with van der Waals surface area (Å²) in [6, 6.07) is 10.3. The van der Waals surface area contributed by atoms with Crippen molar-refractivity contribution in [3.63, 3.8) is 0 Å². The van der Waals surface area contributed by atoms with Crippen LogP contribution in [0.4, 0.5) is 5.69 Å². The van der Waals surface area contributed by atoms with Crippen molar-refractivity contribution in [2.24, 2.45) is 0 Å². The Kier molecular flexibility index (Phi) is 7.58. The molecule has 1 amide bonds. The third kappa shape index (κ3) is 5.85. The van der Waals surface area contributed by atoms with Crippen LogP contribution in [0.2, 0.25) is 5.02 Å². The van der Waals surface area contributed by atoms with Gasteiger partial charge >= 0.3 is 0 Å². The maximum atomic E-state index is 12.8. The molecular weight excluding hydrogens is 476 g/mol. The fourth-order valence-corrected chi connectivity index (χ4v) is 5.86. The summed E-state index contributed by atoms with van der Waals surface area (Å²) < 4.78 is 54.2. The monoisotopic (exact) mass is 500 g/mol. The quantitative estimate of drug-likeness (QED) is 0.596. The Morgan fingerprint density at radius 3 is 2.00 bits per heavy atom. The maximum absolute atomic E-state index is 12.8. The van der Waals surface area contributed by atoms with Crippen LogP contribution in [0.15, 0.2) is 58.3 Å². The van der Waals surface area contributed by atoms with Gasteiger partial charge in [-0.2, -0.15) is 9.03 Å². The molecule has 0 bridgehead atoms. The number of hydrogen-bond acceptors (Lipinski definition) is 6. The number of anilines is 1. The number of carbonyl (C=O) groups excluding carboxylic acids is 1. The fourth-order valence-electron chi connectivity index (χ4n) is 3.11. The van der Waals surface area contributed by atoms with E-state index in [4.69, 9.17) is 11.6 Å².